The summed E-state index contributed by atoms with van der Waals surface area (Å²) >= 11 is 0. The van der Waals surface area contributed by atoms with Crippen LogP contribution in [0.5, 0.6) is 5.75 Å². The van der Waals surface area contributed by atoms with E-state index < -0.39 is 29.1 Å². The van der Waals surface area contributed by atoms with Crippen LogP contribution in [0.15, 0.2) is 53.5 Å². The molecule has 0 bridgehead atoms. The minimum absolute atomic E-state index is 0.0139. The van der Waals surface area contributed by atoms with Crippen LogP contribution in [-0.2, 0) is 6.98 Å². The van der Waals surface area contributed by atoms with Crippen molar-refractivity contribution in [3.8, 4) is 11.6 Å². The molecule has 4 rings (SSSR count). The Labute approximate surface area is 172 Å². The van der Waals surface area contributed by atoms with Gasteiger partial charge in [0.2, 0.25) is 11.8 Å². The van der Waals surface area contributed by atoms with Crippen molar-refractivity contribution in [3.63, 3.8) is 0 Å². The number of nitro benzene ring substituents is 1. The summed E-state index contributed by atoms with van der Waals surface area (Å²) in [5, 5.41) is 13.8. The fourth-order valence-electron chi connectivity index (χ4n) is 2.97. The van der Waals surface area contributed by atoms with Gasteiger partial charge in [0.25, 0.3) is 0 Å². The molecule has 4 aromatic rings. The number of rotatable bonds is 5. The number of para-hydroxylation sites is 2. The van der Waals surface area contributed by atoms with Gasteiger partial charge in [-0.15, -0.1) is 0 Å². The normalized spacial score (nSPS) is 12.8. The van der Waals surface area contributed by atoms with Crippen LogP contribution in [0.25, 0.3) is 16.9 Å². The molecule has 2 heterocycles. The average Bonchev–Trinajstić information content (AvgIpc) is 3.06. The zero-order chi connectivity index (χ0) is 23.9. The van der Waals surface area contributed by atoms with Crippen molar-refractivity contribution < 1.29 is 18.2 Å². The minimum Gasteiger partial charge on any atom is -0.494 e. The second-order valence-electron chi connectivity index (χ2n) is 6.07. The van der Waals surface area contributed by atoms with E-state index in [-0.39, 0.29) is 28.7 Å². The first-order chi connectivity index (χ1) is 15.6. The molecule has 0 radical (unpaired) electrons. The molecule has 0 amide bonds. The zero-order valence-electron chi connectivity index (χ0n) is 18.4. The molecule has 2 aromatic carbocycles. The van der Waals surface area contributed by atoms with Gasteiger partial charge < -0.3 is 10.1 Å². The van der Waals surface area contributed by atoms with Gasteiger partial charge in [-0.25, -0.2) is 14.3 Å². The molecular formula is C19H15FN6O4. The first-order valence-corrected chi connectivity index (χ1v) is 8.47. The summed E-state index contributed by atoms with van der Waals surface area (Å²) in [6.45, 7) is -2.73. The third kappa shape index (κ3) is 3.11. The quantitative estimate of drug-likeness (QED) is 0.395. The molecule has 30 heavy (non-hydrogen) atoms. The predicted molar refractivity (Wildman–Crippen MR) is 107 cm³/mol. The Hall–Kier alpha value is -4.28. The second kappa shape index (κ2) is 7.28. The molecule has 0 aliphatic rings. The van der Waals surface area contributed by atoms with Crippen LogP contribution in [-0.4, -0.2) is 31.1 Å². The molecule has 0 unspecified atom stereocenters. The molecule has 11 heteroatoms. The Balaban J connectivity index is 1.84. The van der Waals surface area contributed by atoms with Crippen molar-refractivity contribution in [1.29, 1.82) is 0 Å². The molecule has 0 fully saturated rings. The molecule has 0 aliphatic heterocycles. The van der Waals surface area contributed by atoms with Crippen molar-refractivity contribution in [3.05, 3.63) is 75.1 Å². The van der Waals surface area contributed by atoms with E-state index in [0.29, 0.717) is 10.1 Å². The zero-order valence-corrected chi connectivity index (χ0v) is 15.4. The Kier molecular flexibility index (Phi) is 3.79. The first kappa shape index (κ1) is 15.6. The van der Waals surface area contributed by atoms with E-state index in [1.54, 1.807) is 18.2 Å². The van der Waals surface area contributed by atoms with Crippen LogP contribution in [0, 0.1) is 15.9 Å². The number of benzene rings is 2. The van der Waals surface area contributed by atoms with Gasteiger partial charge in [-0.1, -0.05) is 12.1 Å². The number of aromatic nitrogens is 4. The van der Waals surface area contributed by atoms with Crippen LogP contribution in [0.1, 0.15) is 4.11 Å². The van der Waals surface area contributed by atoms with E-state index in [0.717, 1.165) is 16.7 Å². The molecule has 0 aliphatic carbocycles. The third-order valence-electron chi connectivity index (χ3n) is 4.33. The van der Waals surface area contributed by atoms with Gasteiger partial charge in [-0.2, -0.15) is 9.37 Å². The number of hydrogen-bond donors (Lipinski definition) is 1. The lowest BCUT2D eigenvalue weighted by atomic mass is 10.2. The summed E-state index contributed by atoms with van der Waals surface area (Å²) < 4.78 is 43.9. The smallest absolute Gasteiger partial charge is 0.334 e. The molecule has 1 N–H and O–H groups in total. The topological polar surface area (TPSA) is 117 Å². The number of hydrogen-bond acceptors (Lipinski definition) is 7. The van der Waals surface area contributed by atoms with E-state index in [2.05, 4.69) is 15.3 Å². The maximum absolute atomic E-state index is 13.9. The van der Waals surface area contributed by atoms with Crippen LogP contribution < -0.4 is 15.7 Å². The van der Waals surface area contributed by atoms with Crippen LogP contribution in [0.4, 0.5) is 21.7 Å². The van der Waals surface area contributed by atoms with Gasteiger partial charge in [-0.05, 0) is 12.1 Å². The highest BCUT2D eigenvalue weighted by Gasteiger charge is 2.20. The van der Waals surface area contributed by atoms with Crippen LogP contribution in [0.2, 0.25) is 0 Å². The Morgan fingerprint density at radius 1 is 1.27 bits per heavy atom. The minimum atomic E-state index is -2.73. The van der Waals surface area contributed by atoms with Crippen molar-refractivity contribution in [2.45, 2.75) is 0 Å². The van der Waals surface area contributed by atoms with Crippen molar-refractivity contribution in [1.82, 2.24) is 19.1 Å². The van der Waals surface area contributed by atoms with Gasteiger partial charge in [0.15, 0.2) is 0 Å². The Bertz CT molecular complexity index is 1450. The molecule has 0 spiro atoms. The van der Waals surface area contributed by atoms with Gasteiger partial charge in [0.05, 0.1) is 28.8 Å². The molecule has 10 nitrogen and oxygen atoms in total. The summed E-state index contributed by atoms with van der Waals surface area (Å²) in [4.78, 5) is 31.5. The molecule has 2 aromatic heterocycles. The average molecular weight is 413 g/mol. The Morgan fingerprint density at radius 2 is 2.03 bits per heavy atom. The summed E-state index contributed by atoms with van der Waals surface area (Å²) in [6.07, 6.45) is 1.31. The number of nitrogens with zero attached hydrogens (tertiary/aromatic N) is 5. The number of aryl methyl sites for hydroxylation is 1. The van der Waals surface area contributed by atoms with E-state index in [4.69, 9.17) is 8.85 Å². The number of ether oxygens (including phenoxy) is 1. The number of methoxy groups -OCH3 is 1. The standard InChI is InChI=1S/C19H15FN6O4/c1-24-13-5-3-4-6-14(13)25(19(24)27)17-7-8-21-18(23-17)22-12-10-15(26(28)29)11(20)9-16(12)30-2/h3-10H,1-2H3,(H,21,22,23)/i1D3. The monoisotopic (exact) mass is 413 g/mol. The number of fused-ring (bicyclic) bond motifs is 1. The van der Waals surface area contributed by atoms with Gasteiger partial charge in [0, 0.05) is 35.5 Å². The highest BCUT2D eigenvalue weighted by Crippen LogP contribution is 2.33. The lowest BCUT2D eigenvalue weighted by Gasteiger charge is -2.11. The van der Waals surface area contributed by atoms with Crippen LogP contribution >= 0.6 is 0 Å². The van der Waals surface area contributed by atoms with E-state index in [1.807, 2.05) is 0 Å². The number of halogens is 1. The largest absolute Gasteiger partial charge is 0.494 e. The Morgan fingerprint density at radius 3 is 2.73 bits per heavy atom. The van der Waals surface area contributed by atoms with Gasteiger partial charge >= 0.3 is 11.4 Å². The third-order valence-corrected chi connectivity index (χ3v) is 4.33. The second-order valence-corrected chi connectivity index (χ2v) is 6.07. The maximum Gasteiger partial charge on any atom is 0.334 e. The van der Waals surface area contributed by atoms with Crippen molar-refractivity contribution in [2.75, 3.05) is 12.4 Å². The van der Waals surface area contributed by atoms with Crippen molar-refractivity contribution in [2.24, 2.45) is 6.98 Å². The predicted octanol–water partition coefficient (Wildman–Crippen LogP) is 2.92. The highest BCUT2D eigenvalue weighted by atomic mass is 19.1. The fourth-order valence-corrected chi connectivity index (χ4v) is 2.97. The molecule has 0 atom stereocenters. The summed E-state index contributed by atoms with van der Waals surface area (Å²) in [5.41, 5.74) is -1.12. The number of nitrogens with one attached hydrogen (secondary N) is 1. The van der Waals surface area contributed by atoms with E-state index >= 15 is 0 Å². The van der Waals surface area contributed by atoms with Crippen molar-refractivity contribution >= 4 is 28.4 Å². The summed E-state index contributed by atoms with van der Waals surface area (Å²) in [6, 6.07) is 9.49. The molecule has 152 valence electrons. The lowest BCUT2D eigenvalue weighted by molar-refractivity contribution is -0.387. The maximum atomic E-state index is 13.9. The van der Waals surface area contributed by atoms with Gasteiger partial charge in [-0.3, -0.25) is 14.7 Å². The van der Waals surface area contributed by atoms with Crippen LogP contribution in [0.3, 0.4) is 0 Å². The molecule has 0 saturated carbocycles. The van der Waals surface area contributed by atoms with E-state index in [1.165, 1.54) is 25.4 Å². The first-order valence-electron chi connectivity index (χ1n) is 9.97. The highest BCUT2D eigenvalue weighted by molar-refractivity contribution is 5.77. The molecule has 0 saturated heterocycles. The summed E-state index contributed by atoms with van der Waals surface area (Å²) in [5.74, 6) is -1.17. The number of nitro groups is 1. The fraction of sp³-hybridized carbons (Fsp3) is 0.105. The molecular weight excluding hydrogens is 395 g/mol. The number of anilines is 2. The lowest BCUT2D eigenvalue weighted by Crippen LogP contribution is -2.21. The van der Waals surface area contributed by atoms with Gasteiger partial charge in [0.1, 0.15) is 11.6 Å². The SMILES string of the molecule is [2H]C([2H])([2H])n1c(=O)n(-c2ccnc(Nc3cc([N+](=O)[O-])c(F)cc3OC)n2)c2ccccc21. The summed E-state index contributed by atoms with van der Waals surface area (Å²) in [7, 11) is 1.26. The number of imidazole rings is 1. The van der Waals surface area contributed by atoms with E-state index in [9.17, 15) is 19.3 Å².